The molecule has 1 N–H and O–H groups in total. The number of carbonyl (C=O) groups is 1. The van der Waals surface area contributed by atoms with Gasteiger partial charge in [-0.2, -0.15) is 0 Å². The van der Waals surface area contributed by atoms with Crippen molar-refractivity contribution in [2.24, 2.45) is 0 Å². The van der Waals surface area contributed by atoms with Crippen LogP contribution in [-0.4, -0.2) is 31.2 Å². The van der Waals surface area contributed by atoms with E-state index in [1.54, 1.807) is 0 Å². The van der Waals surface area contributed by atoms with E-state index in [4.69, 9.17) is 0 Å². The number of rotatable bonds is 1. The first kappa shape index (κ1) is 13.0. The van der Waals surface area contributed by atoms with Crippen LogP contribution in [-0.2, 0) is 0 Å². The van der Waals surface area contributed by atoms with Gasteiger partial charge in [-0.05, 0) is 37.8 Å². The Kier molecular flexibility index (Phi) is 3.24. The highest BCUT2D eigenvalue weighted by Crippen LogP contribution is 2.39. The number of amides is 2. The van der Waals surface area contributed by atoms with Crippen LogP contribution in [0.2, 0.25) is 0 Å². The predicted molar refractivity (Wildman–Crippen MR) is 84.9 cm³/mol. The SMILES string of the molecule is O=C(NC1CCCC1)N1CC2CCCN2c2ccccc21. The topological polar surface area (TPSA) is 35.6 Å². The Morgan fingerprint density at radius 3 is 2.62 bits per heavy atom. The molecule has 1 aromatic carbocycles. The van der Waals surface area contributed by atoms with Gasteiger partial charge in [0.05, 0.1) is 11.4 Å². The van der Waals surface area contributed by atoms with Crippen LogP contribution in [0.5, 0.6) is 0 Å². The summed E-state index contributed by atoms with van der Waals surface area (Å²) in [7, 11) is 0. The fraction of sp³-hybridized carbons (Fsp3) is 0.588. The lowest BCUT2D eigenvalue weighted by Gasteiger charge is -2.40. The maximum atomic E-state index is 12.7. The van der Waals surface area contributed by atoms with Gasteiger partial charge in [-0.15, -0.1) is 0 Å². The molecule has 2 amide bonds. The van der Waals surface area contributed by atoms with Gasteiger partial charge in [0.15, 0.2) is 0 Å². The molecular weight excluding hydrogens is 262 g/mol. The number of anilines is 2. The van der Waals surface area contributed by atoms with E-state index in [1.807, 2.05) is 11.0 Å². The summed E-state index contributed by atoms with van der Waals surface area (Å²) in [5.41, 5.74) is 2.30. The van der Waals surface area contributed by atoms with Gasteiger partial charge in [-0.1, -0.05) is 25.0 Å². The minimum atomic E-state index is 0.0981. The smallest absolute Gasteiger partial charge is 0.322 e. The van der Waals surface area contributed by atoms with Crippen molar-refractivity contribution >= 4 is 17.4 Å². The van der Waals surface area contributed by atoms with Crippen molar-refractivity contribution in [2.75, 3.05) is 22.9 Å². The zero-order valence-electron chi connectivity index (χ0n) is 12.4. The fourth-order valence-corrected chi connectivity index (χ4v) is 4.10. The van der Waals surface area contributed by atoms with Crippen molar-refractivity contribution in [3.63, 3.8) is 0 Å². The van der Waals surface area contributed by atoms with Gasteiger partial charge < -0.3 is 10.2 Å². The van der Waals surface area contributed by atoms with Gasteiger partial charge in [-0.3, -0.25) is 4.90 Å². The third kappa shape index (κ3) is 2.27. The second-order valence-corrected chi connectivity index (χ2v) is 6.52. The Morgan fingerprint density at radius 2 is 1.81 bits per heavy atom. The van der Waals surface area contributed by atoms with Crippen LogP contribution in [0.3, 0.4) is 0 Å². The maximum Gasteiger partial charge on any atom is 0.322 e. The highest BCUT2D eigenvalue weighted by Gasteiger charge is 2.36. The van der Waals surface area contributed by atoms with E-state index >= 15 is 0 Å². The van der Waals surface area contributed by atoms with Crippen molar-refractivity contribution in [1.82, 2.24) is 5.32 Å². The number of hydrogen-bond acceptors (Lipinski definition) is 2. The second kappa shape index (κ2) is 5.24. The number of fused-ring (bicyclic) bond motifs is 3. The summed E-state index contributed by atoms with van der Waals surface area (Å²) in [6, 6.07) is 9.32. The van der Waals surface area contributed by atoms with Crippen LogP contribution in [0.1, 0.15) is 38.5 Å². The number of benzene rings is 1. The molecule has 21 heavy (non-hydrogen) atoms. The van der Waals surface area contributed by atoms with Gasteiger partial charge in [0.25, 0.3) is 0 Å². The van der Waals surface area contributed by atoms with E-state index in [1.165, 1.54) is 31.4 Å². The minimum Gasteiger partial charge on any atom is -0.365 e. The van der Waals surface area contributed by atoms with Crippen molar-refractivity contribution in [3.8, 4) is 0 Å². The van der Waals surface area contributed by atoms with Gasteiger partial charge >= 0.3 is 6.03 Å². The summed E-state index contributed by atoms with van der Waals surface area (Å²) < 4.78 is 0. The lowest BCUT2D eigenvalue weighted by atomic mass is 10.1. The van der Waals surface area contributed by atoms with Crippen LogP contribution in [0.25, 0.3) is 0 Å². The highest BCUT2D eigenvalue weighted by atomic mass is 16.2. The van der Waals surface area contributed by atoms with Crippen molar-refractivity contribution in [1.29, 1.82) is 0 Å². The standard InChI is InChI=1S/C17H23N3O/c21-17(18-13-6-1-2-7-13)20-12-14-8-5-11-19(14)15-9-3-4-10-16(15)20/h3-4,9-10,13-14H,1-2,5-8,11-12H2,(H,18,21). The number of carbonyl (C=O) groups excluding carboxylic acids is 1. The largest absolute Gasteiger partial charge is 0.365 e. The lowest BCUT2D eigenvalue weighted by molar-refractivity contribution is 0.242. The maximum absolute atomic E-state index is 12.7. The monoisotopic (exact) mass is 285 g/mol. The molecule has 1 unspecified atom stereocenters. The van der Waals surface area contributed by atoms with Crippen LogP contribution in [0.4, 0.5) is 16.2 Å². The van der Waals surface area contributed by atoms with E-state index in [-0.39, 0.29) is 6.03 Å². The molecule has 1 saturated heterocycles. The molecule has 2 fully saturated rings. The predicted octanol–water partition coefficient (Wildman–Crippen LogP) is 3.13. The molecule has 2 heterocycles. The second-order valence-electron chi connectivity index (χ2n) is 6.52. The van der Waals surface area contributed by atoms with Crippen molar-refractivity contribution < 1.29 is 4.79 Å². The molecule has 0 spiro atoms. The number of urea groups is 1. The molecule has 4 nitrogen and oxygen atoms in total. The number of para-hydroxylation sites is 2. The van der Waals surface area contributed by atoms with E-state index in [9.17, 15) is 4.79 Å². The fourth-order valence-electron chi connectivity index (χ4n) is 4.10. The number of hydrogen-bond donors (Lipinski definition) is 1. The summed E-state index contributed by atoms with van der Waals surface area (Å²) in [6.07, 6.45) is 7.20. The number of nitrogens with one attached hydrogen (secondary N) is 1. The van der Waals surface area contributed by atoms with Gasteiger partial charge in [-0.25, -0.2) is 4.79 Å². The van der Waals surface area contributed by atoms with Crippen LogP contribution in [0.15, 0.2) is 24.3 Å². The average Bonchev–Trinajstić information content (AvgIpc) is 3.17. The Labute approximate surface area is 126 Å². The Hall–Kier alpha value is -1.71. The molecule has 1 aliphatic carbocycles. The molecule has 0 bridgehead atoms. The molecule has 0 radical (unpaired) electrons. The molecular formula is C17H23N3O. The molecule has 1 saturated carbocycles. The number of nitrogens with zero attached hydrogens (tertiary/aromatic N) is 2. The van der Waals surface area contributed by atoms with E-state index in [0.717, 1.165) is 31.6 Å². The van der Waals surface area contributed by atoms with E-state index in [2.05, 4.69) is 28.4 Å². The molecule has 112 valence electrons. The van der Waals surface area contributed by atoms with Crippen LogP contribution < -0.4 is 15.1 Å². The van der Waals surface area contributed by atoms with Gasteiger partial charge in [0, 0.05) is 25.2 Å². The highest BCUT2D eigenvalue weighted by molar-refractivity contribution is 5.97. The van der Waals surface area contributed by atoms with Crippen LogP contribution >= 0.6 is 0 Å². The normalized spacial score (nSPS) is 24.9. The average molecular weight is 285 g/mol. The molecule has 3 aliphatic rings. The summed E-state index contributed by atoms with van der Waals surface area (Å²) in [6.45, 7) is 1.95. The summed E-state index contributed by atoms with van der Waals surface area (Å²) in [5, 5.41) is 3.24. The first-order valence-corrected chi connectivity index (χ1v) is 8.26. The molecule has 2 aliphatic heterocycles. The molecule has 1 atom stereocenters. The molecule has 0 aromatic heterocycles. The first-order chi connectivity index (χ1) is 10.3. The summed E-state index contributed by atoms with van der Waals surface area (Å²) in [5.74, 6) is 0. The minimum absolute atomic E-state index is 0.0981. The molecule has 1 aromatic rings. The quantitative estimate of drug-likeness (QED) is 0.860. The lowest BCUT2D eigenvalue weighted by Crippen LogP contribution is -2.52. The van der Waals surface area contributed by atoms with Gasteiger partial charge in [0.2, 0.25) is 0 Å². The Balaban J connectivity index is 1.59. The van der Waals surface area contributed by atoms with Gasteiger partial charge in [0.1, 0.15) is 0 Å². The summed E-state index contributed by atoms with van der Waals surface area (Å²) >= 11 is 0. The van der Waals surface area contributed by atoms with E-state index < -0.39 is 0 Å². The van der Waals surface area contributed by atoms with Crippen molar-refractivity contribution in [2.45, 2.75) is 50.6 Å². The third-order valence-corrected chi connectivity index (χ3v) is 5.18. The first-order valence-electron chi connectivity index (χ1n) is 8.26. The Bertz CT molecular complexity index is 539. The molecule has 4 rings (SSSR count). The van der Waals surface area contributed by atoms with E-state index in [0.29, 0.717) is 12.1 Å². The molecule has 4 heteroatoms. The van der Waals surface area contributed by atoms with Crippen LogP contribution in [0, 0.1) is 0 Å². The summed E-state index contributed by atoms with van der Waals surface area (Å²) in [4.78, 5) is 17.2. The third-order valence-electron chi connectivity index (χ3n) is 5.18. The zero-order valence-corrected chi connectivity index (χ0v) is 12.4. The van der Waals surface area contributed by atoms with Crippen molar-refractivity contribution in [3.05, 3.63) is 24.3 Å². The Morgan fingerprint density at radius 1 is 1.05 bits per heavy atom. The zero-order chi connectivity index (χ0) is 14.2.